The molecule has 0 unspecified atom stereocenters. The zero-order valence-electron chi connectivity index (χ0n) is 30.7. The second-order valence-corrected chi connectivity index (χ2v) is 13.2. The number of hydrogen-bond acceptors (Lipinski definition) is 7. The lowest BCUT2D eigenvalue weighted by Crippen LogP contribution is -2.39. The molecule has 8 aromatic rings. The van der Waals surface area contributed by atoms with Crippen molar-refractivity contribution in [2.45, 2.75) is 32.4 Å². The summed E-state index contributed by atoms with van der Waals surface area (Å²) in [6.45, 7) is 4.52. The third-order valence-corrected chi connectivity index (χ3v) is 9.81. The molecule has 0 aliphatic rings. The fourth-order valence-electron chi connectivity index (χ4n) is 7.11. The minimum Gasteiger partial charge on any atom is -0.488 e. The fraction of sp³-hybridized carbons (Fsp3) is 0.128. The number of pyridine rings is 1. The number of ether oxygens (including phenoxy) is 2. The number of fused-ring (bicyclic) bond motifs is 1. The topological polar surface area (TPSA) is 92.0 Å². The summed E-state index contributed by atoms with van der Waals surface area (Å²) in [6, 6.07) is 54.9. The van der Waals surface area contributed by atoms with Gasteiger partial charge in [0.2, 0.25) is 5.82 Å². The summed E-state index contributed by atoms with van der Waals surface area (Å²) in [5.41, 5.74) is 8.15. The number of carbonyl (C=O) groups is 1. The standard InChI is InChI=1S/C47H39N5O3/c1-3-39-31-44(42-29-28-35(30-43(42)48-39)46(53)54-4-2)55-32-33-24-26-34(27-25-33)40-22-14-15-23-41(40)45-49-51-52(50-45)47(36-16-8-5-9-17-36,37-18-10-6-11-19-37)38-20-12-7-13-21-38/h5-31H,3-4,32H2,1-2H3. The first-order valence-corrected chi connectivity index (χ1v) is 18.5. The van der Waals surface area contributed by atoms with Crippen molar-refractivity contribution in [2.75, 3.05) is 6.61 Å². The minimum atomic E-state index is -0.868. The Morgan fingerprint density at radius 2 is 1.27 bits per heavy atom. The molecule has 270 valence electrons. The first-order chi connectivity index (χ1) is 27.1. The van der Waals surface area contributed by atoms with E-state index in [1.165, 1.54) is 0 Å². The summed E-state index contributed by atoms with van der Waals surface area (Å²) in [5.74, 6) is 0.883. The third kappa shape index (κ3) is 6.86. The molecule has 0 spiro atoms. The number of nitrogens with zero attached hydrogens (tertiary/aromatic N) is 5. The second-order valence-electron chi connectivity index (χ2n) is 13.2. The Hall–Kier alpha value is -6.93. The van der Waals surface area contributed by atoms with Gasteiger partial charge in [0.25, 0.3) is 0 Å². The van der Waals surface area contributed by atoms with E-state index in [2.05, 4.69) is 66.7 Å². The van der Waals surface area contributed by atoms with Crippen LogP contribution < -0.4 is 4.74 Å². The minimum absolute atomic E-state index is 0.315. The van der Waals surface area contributed by atoms with Crippen LogP contribution in [0.15, 0.2) is 164 Å². The molecule has 2 heterocycles. The maximum absolute atomic E-state index is 12.4. The van der Waals surface area contributed by atoms with E-state index in [1.807, 2.05) is 91.9 Å². The summed E-state index contributed by atoms with van der Waals surface area (Å²) in [5, 5.41) is 15.5. The highest BCUT2D eigenvalue weighted by Crippen LogP contribution is 2.40. The number of esters is 1. The Labute approximate surface area is 320 Å². The molecule has 6 aromatic carbocycles. The average molecular weight is 722 g/mol. The molecule has 0 amide bonds. The molecule has 8 heteroatoms. The quantitative estimate of drug-likeness (QED) is 0.0917. The van der Waals surface area contributed by atoms with Crippen molar-refractivity contribution >= 4 is 16.9 Å². The van der Waals surface area contributed by atoms with Crippen LogP contribution in [0.25, 0.3) is 33.4 Å². The van der Waals surface area contributed by atoms with Crippen molar-refractivity contribution in [1.29, 1.82) is 0 Å². The Bertz CT molecular complexity index is 2460. The first kappa shape index (κ1) is 35.1. The zero-order valence-corrected chi connectivity index (χ0v) is 30.7. The van der Waals surface area contributed by atoms with Crippen LogP contribution in [0, 0.1) is 0 Å². The molecule has 0 saturated heterocycles. The Balaban J connectivity index is 1.10. The number of tetrazole rings is 1. The summed E-state index contributed by atoms with van der Waals surface area (Å²) < 4.78 is 11.6. The lowest BCUT2D eigenvalue weighted by atomic mass is 9.77. The maximum Gasteiger partial charge on any atom is 0.338 e. The van der Waals surface area contributed by atoms with Crippen molar-refractivity contribution in [3.05, 3.63) is 197 Å². The van der Waals surface area contributed by atoms with Crippen LogP contribution in [0.3, 0.4) is 0 Å². The van der Waals surface area contributed by atoms with E-state index >= 15 is 0 Å². The molecule has 0 atom stereocenters. The maximum atomic E-state index is 12.4. The summed E-state index contributed by atoms with van der Waals surface area (Å²) in [6.07, 6.45) is 0.735. The van der Waals surface area contributed by atoms with Gasteiger partial charge in [0.15, 0.2) is 5.54 Å². The molecule has 0 N–H and O–H groups in total. The van der Waals surface area contributed by atoms with Crippen LogP contribution in [-0.4, -0.2) is 37.8 Å². The molecule has 55 heavy (non-hydrogen) atoms. The molecular weight excluding hydrogens is 683 g/mol. The molecule has 8 rings (SSSR count). The third-order valence-electron chi connectivity index (χ3n) is 9.81. The van der Waals surface area contributed by atoms with E-state index in [-0.39, 0.29) is 5.97 Å². The lowest BCUT2D eigenvalue weighted by molar-refractivity contribution is 0.0526. The molecule has 0 bridgehead atoms. The first-order valence-electron chi connectivity index (χ1n) is 18.5. The van der Waals surface area contributed by atoms with E-state index in [4.69, 9.17) is 29.9 Å². The van der Waals surface area contributed by atoms with Gasteiger partial charge < -0.3 is 9.47 Å². The van der Waals surface area contributed by atoms with Crippen molar-refractivity contribution in [3.8, 4) is 28.3 Å². The van der Waals surface area contributed by atoms with Crippen molar-refractivity contribution < 1.29 is 14.3 Å². The predicted molar refractivity (Wildman–Crippen MR) is 215 cm³/mol. The smallest absolute Gasteiger partial charge is 0.338 e. The Morgan fingerprint density at radius 1 is 0.673 bits per heavy atom. The highest BCUT2D eigenvalue weighted by Gasteiger charge is 2.41. The molecule has 0 radical (unpaired) electrons. The SMILES string of the molecule is CCOC(=O)c1ccc2c(OCc3ccc(-c4ccccc4-c4nnn(C(c5ccccc5)(c5ccccc5)c5ccccc5)n4)cc3)cc(CC)nc2c1. The van der Waals surface area contributed by atoms with Crippen LogP contribution >= 0.6 is 0 Å². The largest absolute Gasteiger partial charge is 0.488 e. The fourth-order valence-corrected chi connectivity index (χ4v) is 7.11. The van der Waals surface area contributed by atoms with Crippen LogP contribution in [0.4, 0.5) is 0 Å². The number of aromatic nitrogens is 5. The zero-order chi connectivity index (χ0) is 37.6. The normalized spacial score (nSPS) is 11.4. The van der Waals surface area contributed by atoms with Gasteiger partial charge in [-0.2, -0.15) is 0 Å². The number of rotatable bonds is 12. The molecular formula is C47H39N5O3. The van der Waals surface area contributed by atoms with Crippen LogP contribution in [0.2, 0.25) is 0 Å². The lowest BCUT2D eigenvalue weighted by Gasteiger charge is -2.34. The van der Waals surface area contributed by atoms with Gasteiger partial charge in [-0.25, -0.2) is 4.79 Å². The van der Waals surface area contributed by atoms with Gasteiger partial charge in [-0.3, -0.25) is 4.98 Å². The monoisotopic (exact) mass is 721 g/mol. The van der Waals surface area contributed by atoms with E-state index in [0.29, 0.717) is 30.1 Å². The second kappa shape index (κ2) is 15.6. The molecule has 0 aliphatic carbocycles. The number of aryl methyl sites for hydroxylation is 1. The van der Waals surface area contributed by atoms with Gasteiger partial charge in [0.05, 0.1) is 17.7 Å². The van der Waals surface area contributed by atoms with Gasteiger partial charge in [0.1, 0.15) is 12.4 Å². The van der Waals surface area contributed by atoms with Crippen LogP contribution in [0.5, 0.6) is 5.75 Å². The molecule has 2 aromatic heterocycles. The van der Waals surface area contributed by atoms with Gasteiger partial charge >= 0.3 is 5.97 Å². The van der Waals surface area contributed by atoms with Gasteiger partial charge in [0, 0.05) is 22.7 Å². The van der Waals surface area contributed by atoms with Crippen molar-refractivity contribution in [2.24, 2.45) is 0 Å². The molecule has 8 nitrogen and oxygen atoms in total. The van der Waals surface area contributed by atoms with Gasteiger partial charge in [-0.1, -0.05) is 146 Å². The van der Waals surface area contributed by atoms with E-state index < -0.39 is 5.54 Å². The molecule has 0 aliphatic heterocycles. The van der Waals surface area contributed by atoms with E-state index in [0.717, 1.165) is 62.2 Å². The van der Waals surface area contributed by atoms with Crippen LogP contribution in [0.1, 0.15) is 52.2 Å². The van der Waals surface area contributed by atoms with Crippen LogP contribution in [-0.2, 0) is 23.3 Å². The molecule has 0 saturated carbocycles. The Morgan fingerprint density at radius 3 is 1.87 bits per heavy atom. The summed E-state index contributed by atoms with van der Waals surface area (Å²) >= 11 is 0. The Kier molecular flexibility index (Phi) is 9.95. The molecule has 0 fully saturated rings. The van der Waals surface area contributed by atoms with Crippen molar-refractivity contribution in [3.63, 3.8) is 0 Å². The average Bonchev–Trinajstić information content (AvgIpc) is 3.74. The number of carbonyl (C=O) groups excluding carboxylic acids is 1. The van der Waals surface area contributed by atoms with E-state index in [1.54, 1.807) is 23.9 Å². The van der Waals surface area contributed by atoms with Gasteiger partial charge in [-0.05, 0) is 70.1 Å². The summed E-state index contributed by atoms with van der Waals surface area (Å²) in [7, 11) is 0. The number of hydrogen-bond donors (Lipinski definition) is 0. The predicted octanol–water partition coefficient (Wildman–Crippen LogP) is 9.71. The highest BCUT2D eigenvalue weighted by molar-refractivity contribution is 5.96. The summed E-state index contributed by atoms with van der Waals surface area (Å²) in [4.78, 5) is 18.9. The highest BCUT2D eigenvalue weighted by atomic mass is 16.5. The van der Waals surface area contributed by atoms with Gasteiger partial charge in [-0.15, -0.1) is 15.0 Å². The number of benzene rings is 6. The van der Waals surface area contributed by atoms with E-state index in [9.17, 15) is 4.79 Å². The van der Waals surface area contributed by atoms with Crippen molar-refractivity contribution in [1.82, 2.24) is 25.2 Å².